The van der Waals surface area contributed by atoms with E-state index in [1.165, 1.54) is 12.8 Å². The second-order valence-electron chi connectivity index (χ2n) is 10.8. The first kappa shape index (κ1) is 25.6. The van der Waals surface area contributed by atoms with Crippen molar-refractivity contribution in [2.75, 3.05) is 51.4 Å². The van der Waals surface area contributed by atoms with Gasteiger partial charge in [0.15, 0.2) is 5.65 Å². The van der Waals surface area contributed by atoms with Crippen LogP contribution in [0.3, 0.4) is 0 Å². The lowest BCUT2D eigenvalue weighted by Crippen LogP contribution is -2.49. The average Bonchev–Trinajstić information content (AvgIpc) is 3.56. The Morgan fingerprint density at radius 3 is 2.51 bits per heavy atom. The van der Waals surface area contributed by atoms with E-state index in [0.29, 0.717) is 24.4 Å². The van der Waals surface area contributed by atoms with Gasteiger partial charge in [-0.1, -0.05) is 6.07 Å². The summed E-state index contributed by atoms with van der Waals surface area (Å²) in [6.45, 7) is 7.15. The van der Waals surface area contributed by atoms with Gasteiger partial charge in [-0.05, 0) is 63.9 Å². The van der Waals surface area contributed by atoms with Gasteiger partial charge in [-0.25, -0.2) is 14.6 Å². The number of nitrogens with one attached hydrogen (secondary N) is 1. The smallest absolute Gasteiger partial charge is 0.164 e. The first-order chi connectivity index (χ1) is 19.0. The van der Waals surface area contributed by atoms with Crippen LogP contribution < -0.4 is 15.8 Å². The molecule has 1 aliphatic carbocycles. The molecule has 39 heavy (non-hydrogen) atoms. The summed E-state index contributed by atoms with van der Waals surface area (Å²) in [5.41, 5.74) is 9.80. The molecule has 6 rings (SSSR count). The lowest BCUT2D eigenvalue weighted by Gasteiger charge is -2.41. The first-order valence-corrected chi connectivity index (χ1v) is 13.9. The molecule has 2 fully saturated rings. The number of hydrogen-bond donors (Lipinski definition) is 2. The molecule has 3 aromatic heterocycles. The third-order valence-corrected chi connectivity index (χ3v) is 8.31. The summed E-state index contributed by atoms with van der Waals surface area (Å²) in [6.07, 6.45) is 6.05. The molecule has 0 unspecified atom stereocenters. The van der Waals surface area contributed by atoms with Gasteiger partial charge in [0.1, 0.15) is 35.1 Å². The highest BCUT2D eigenvalue weighted by Gasteiger charge is 2.30. The number of nitrogen functional groups attached to an aromatic ring is 1. The van der Waals surface area contributed by atoms with E-state index in [1.807, 2.05) is 37.3 Å². The third-order valence-electron chi connectivity index (χ3n) is 8.31. The number of nitrogens with zero attached hydrogens (tertiary/aromatic N) is 6. The Hall–Kier alpha value is -3.63. The van der Waals surface area contributed by atoms with E-state index in [4.69, 9.17) is 20.0 Å². The Kier molecular flexibility index (Phi) is 7.14. The Morgan fingerprint density at radius 2 is 1.79 bits per heavy atom. The van der Waals surface area contributed by atoms with Crippen LogP contribution in [-0.4, -0.2) is 75.9 Å². The number of aromatic nitrogens is 4. The monoisotopic (exact) mass is 530 g/mol. The topological polar surface area (TPSA) is 110 Å². The van der Waals surface area contributed by atoms with Crippen LogP contribution in [0.25, 0.3) is 22.3 Å². The number of ether oxygens (including phenoxy) is 1. The molecular formula is C29H38N8O2. The quantitative estimate of drug-likeness (QED) is 0.361. The average molecular weight is 531 g/mol. The molecule has 1 aliphatic heterocycles. The van der Waals surface area contributed by atoms with Crippen LogP contribution in [0.1, 0.15) is 43.2 Å². The van der Waals surface area contributed by atoms with Crippen molar-refractivity contribution in [1.29, 1.82) is 0 Å². The molecule has 3 N–H and O–H groups in total. The van der Waals surface area contributed by atoms with Crippen molar-refractivity contribution in [3.63, 3.8) is 0 Å². The summed E-state index contributed by atoms with van der Waals surface area (Å²) >= 11 is 0. The molecule has 0 bridgehead atoms. The van der Waals surface area contributed by atoms with Crippen LogP contribution in [0, 0.1) is 6.92 Å². The molecule has 0 atom stereocenters. The van der Waals surface area contributed by atoms with E-state index in [0.717, 1.165) is 84.3 Å². The fourth-order valence-electron chi connectivity index (χ4n) is 6.05. The fourth-order valence-corrected chi connectivity index (χ4v) is 6.05. The number of likely N-dealkylation sites (N-methyl/N-ethyl adjacent to an activating group) is 1. The van der Waals surface area contributed by atoms with Crippen LogP contribution in [0.4, 0.5) is 11.5 Å². The van der Waals surface area contributed by atoms with E-state index in [9.17, 15) is 0 Å². The van der Waals surface area contributed by atoms with Crippen LogP contribution in [-0.2, 0) is 6.54 Å². The SMILES string of the molecule is COc1cc(-c2nn(C3CCC(N4CCN(C)CC4)CC3)c3ncnc(N)c23)ccc1NCc1ccc(C)o1. The molecule has 4 aromatic rings. The number of benzene rings is 1. The zero-order valence-electron chi connectivity index (χ0n) is 23.1. The number of anilines is 2. The summed E-state index contributed by atoms with van der Waals surface area (Å²) in [7, 11) is 3.89. The summed E-state index contributed by atoms with van der Waals surface area (Å²) in [5.74, 6) is 2.93. The molecule has 10 heteroatoms. The number of furan rings is 1. The number of hydrogen-bond acceptors (Lipinski definition) is 9. The summed E-state index contributed by atoms with van der Waals surface area (Å²) in [6, 6.07) is 10.9. The molecule has 4 heterocycles. The summed E-state index contributed by atoms with van der Waals surface area (Å²) in [4.78, 5) is 14.0. The molecule has 206 valence electrons. The molecular weight excluding hydrogens is 492 g/mol. The maximum absolute atomic E-state index is 6.41. The van der Waals surface area contributed by atoms with Gasteiger partial charge in [0.2, 0.25) is 0 Å². The molecule has 1 saturated carbocycles. The van der Waals surface area contributed by atoms with E-state index >= 15 is 0 Å². The number of nitrogens with two attached hydrogens (primary N) is 1. The van der Waals surface area contributed by atoms with E-state index in [1.54, 1.807) is 13.4 Å². The summed E-state index contributed by atoms with van der Waals surface area (Å²) < 4.78 is 13.5. The Balaban J connectivity index is 1.25. The Bertz CT molecular complexity index is 1430. The second kappa shape index (κ2) is 10.9. The van der Waals surface area contributed by atoms with Crippen molar-refractivity contribution in [3.05, 3.63) is 48.2 Å². The number of methoxy groups -OCH3 is 1. The van der Waals surface area contributed by atoms with E-state index < -0.39 is 0 Å². The fraction of sp³-hybridized carbons (Fsp3) is 0.483. The zero-order valence-corrected chi connectivity index (χ0v) is 23.1. The minimum atomic E-state index is 0.291. The first-order valence-electron chi connectivity index (χ1n) is 13.9. The Morgan fingerprint density at radius 1 is 1.03 bits per heavy atom. The molecule has 10 nitrogen and oxygen atoms in total. The lowest BCUT2D eigenvalue weighted by atomic mass is 9.90. The maximum Gasteiger partial charge on any atom is 0.164 e. The van der Waals surface area contributed by atoms with Gasteiger partial charge in [0.25, 0.3) is 0 Å². The third kappa shape index (κ3) is 5.18. The number of fused-ring (bicyclic) bond motifs is 1. The predicted molar refractivity (Wildman–Crippen MR) is 153 cm³/mol. The van der Waals surface area contributed by atoms with Crippen molar-refractivity contribution in [2.45, 2.75) is 51.2 Å². The maximum atomic E-state index is 6.41. The highest BCUT2D eigenvalue weighted by atomic mass is 16.5. The molecule has 2 aliphatic rings. The van der Waals surface area contributed by atoms with Crippen LogP contribution in [0.5, 0.6) is 5.75 Å². The summed E-state index contributed by atoms with van der Waals surface area (Å²) in [5, 5.41) is 9.33. The molecule has 1 saturated heterocycles. The highest BCUT2D eigenvalue weighted by Crippen LogP contribution is 2.39. The van der Waals surface area contributed by atoms with Crippen LogP contribution in [0.15, 0.2) is 41.1 Å². The van der Waals surface area contributed by atoms with Gasteiger partial charge < -0.3 is 25.1 Å². The van der Waals surface area contributed by atoms with Gasteiger partial charge in [-0.3, -0.25) is 4.90 Å². The normalized spacial score (nSPS) is 20.9. The minimum absolute atomic E-state index is 0.291. The van der Waals surface area contributed by atoms with Crippen LogP contribution in [0.2, 0.25) is 0 Å². The minimum Gasteiger partial charge on any atom is -0.495 e. The lowest BCUT2D eigenvalue weighted by molar-refractivity contribution is 0.0815. The molecule has 0 spiro atoms. The van der Waals surface area contributed by atoms with Crippen molar-refractivity contribution in [3.8, 4) is 17.0 Å². The predicted octanol–water partition coefficient (Wildman–Crippen LogP) is 4.33. The van der Waals surface area contributed by atoms with Crippen molar-refractivity contribution < 1.29 is 9.15 Å². The van der Waals surface area contributed by atoms with Crippen LogP contribution >= 0.6 is 0 Å². The number of piperazine rings is 1. The largest absolute Gasteiger partial charge is 0.495 e. The molecule has 1 aromatic carbocycles. The Labute approximate surface area is 229 Å². The van der Waals surface area contributed by atoms with Crippen molar-refractivity contribution in [1.82, 2.24) is 29.5 Å². The van der Waals surface area contributed by atoms with Gasteiger partial charge >= 0.3 is 0 Å². The highest BCUT2D eigenvalue weighted by molar-refractivity contribution is 5.98. The van der Waals surface area contributed by atoms with Crippen molar-refractivity contribution >= 4 is 22.5 Å². The zero-order chi connectivity index (χ0) is 26.9. The number of rotatable bonds is 7. The van der Waals surface area contributed by atoms with Gasteiger partial charge in [0, 0.05) is 37.8 Å². The number of aryl methyl sites for hydroxylation is 1. The van der Waals surface area contributed by atoms with Crippen molar-refractivity contribution in [2.24, 2.45) is 0 Å². The van der Waals surface area contributed by atoms with Gasteiger partial charge in [-0.15, -0.1) is 0 Å². The van der Waals surface area contributed by atoms with E-state index in [-0.39, 0.29) is 0 Å². The molecule has 0 amide bonds. The van der Waals surface area contributed by atoms with E-state index in [2.05, 4.69) is 36.8 Å². The van der Waals surface area contributed by atoms with Gasteiger partial charge in [0.05, 0.1) is 30.8 Å². The van der Waals surface area contributed by atoms with Gasteiger partial charge in [-0.2, -0.15) is 5.10 Å². The standard InChI is InChI=1S/C29H38N8O2/c1-19-4-10-23(39-19)17-31-24-11-5-20(16-25(24)38-3)27-26-28(30)32-18-33-29(26)37(34-27)22-8-6-21(7-9-22)36-14-12-35(2)13-15-36/h4-5,10-11,16,18,21-22,31H,6-9,12-15,17H2,1-3H3,(H2,30,32,33). The molecule has 0 radical (unpaired) electrons. The second-order valence-corrected chi connectivity index (χ2v) is 10.8.